The van der Waals surface area contributed by atoms with Crippen molar-refractivity contribution in [1.29, 1.82) is 0 Å². The Morgan fingerprint density at radius 3 is 2.58 bits per heavy atom. The van der Waals surface area contributed by atoms with E-state index >= 15 is 0 Å². The molecule has 1 aromatic carbocycles. The highest BCUT2D eigenvalue weighted by molar-refractivity contribution is 5.94. The molecule has 0 spiro atoms. The van der Waals surface area contributed by atoms with E-state index in [0.717, 1.165) is 24.9 Å². The molecule has 0 aliphatic carbocycles. The number of amides is 1. The van der Waals surface area contributed by atoms with Crippen molar-refractivity contribution in [3.63, 3.8) is 0 Å². The first-order valence-corrected chi connectivity index (χ1v) is 7.20. The van der Waals surface area contributed by atoms with Gasteiger partial charge in [-0.2, -0.15) is 0 Å². The molecule has 2 atom stereocenters. The maximum Gasteiger partial charge on any atom is 0.251 e. The van der Waals surface area contributed by atoms with Crippen molar-refractivity contribution >= 4 is 5.91 Å². The van der Waals surface area contributed by atoms with Crippen LogP contribution in [0.5, 0.6) is 0 Å². The summed E-state index contributed by atoms with van der Waals surface area (Å²) in [6, 6.07) is 8.73. The predicted octanol–water partition coefficient (Wildman–Crippen LogP) is 2.68. The highest BCUT2D eigenvalue weighted by atomic mass is 16.1. The van der Waals surface area contributed by atoms with Crippen LogP contribution < -0.4 is 10.6 Å². The summed E-state index contributed by atoms with van der Waals surface area (Å²) < 4.78 is 0. The molecule has 104 valence electrons. The second kappa shape index (κ2) is 6.20. The lowest BCUT2D eigenvalue weighted by Crippen LogP contribution is -2.46. The number of hydrogen-bond donors (Lipinski definition) is 2. The highest BCUT2D eigenvalue weighted by Crippen LogP contribution is 2.15. The molecule has 0 bridgehead atoms. The zero-order valence-electron chi connectivity index (χ0n) is 12.1. The molecule has 1 aliphatic heterocycles. The van der Waals surface area contributed by atoms with Crippen molar-refractivity contribution in [2.75, 3.05) is 6.54 Å². The molecule has 1 heterocycles. The topological polar surface area (TPSA) is 41.1 Å². The highest BCUT2D eigenvalue weighted by Gasteiger charge is 2.20. The van der Waals surface area contributed by atoms with E-state index in [-0.39, 0.29) is 5.91 Å². The summed E-state index contributed by atoms with van der Waals surface area (Å²) in [6.07, 6.45) is 2.02. The van der Waals surface area contributed by atoms with Crippen molar-refractivity contribution in [1.82, 2.24) is 10.6 Å². The third-order valence-electron chi connectivity index (χ3n) is 3.80. The standard InChI is InChI=1S/C16H24N2O/c1-11(2)13-4-6-14(7-5-13)16(19)18-15-8-9-17-12(3)10-15/h4-7,11-12,15,17H,8-10H2,1-3H3,(H,18,19). The first-order chi connectivity index (χ1) is 9.06. The molecule has 1 aliphatic rings. The van der Waals surface area contributed by atoms with Gasteiger partial charge in [0.15, 0.2) is 0 Å². The molecule has 1 fully saturated rings. The normalized spacial score (nSPS) is 23.4. The van der Waals surface area contributed by atoms with Crippen molar-refractivity contribution in [2.45, 2.75) is 51.6 Å². The molecule has 0 radical (unpaired) electrons. The lowest BCUT2D eigenvalue weighted by atomic mass is 9.99. The summed E-state index contributed by atoms with van der Waals surface area (Å²) in [5, 5.41) is 6.53. The Labute approximate surface area is 115 Å². The Bertz CT molecular complexity index is 425. The van der Waals surface area contributed by atoms with E-state index in [1.165, 1.54) is 5.56 Å². The first kappa shape index (κ1) is 14.1. The minimum Gasteiger partial charge on any atom is -0.349 e. The number of nitrogens with one attached hydrogen (secondary N) is 2. The van der Waals surface area contributed by atoms with E-state index in [1.807, 2.05) is 24.3 Å². The molecule has 2 N–H and O–H groups in total. The van der Waals surface area contributed by atoms with Gasteiger partial charge in [-0.05, 0) is 49.9 Å². The Balaban J connectivity index is 1.95. The van der Waals surface area contributed by atoms with E-state index < -0.39 is 0 Å². The third-order valence-corrected chi connectivity index (χ3v) is 3.80. The number of carbonyl (C=O) groups is 1. The second-order valence-electron chi connectivity index (χ2n) is 5.83. The van der Waals surface area contributed by atoms with Crippen LogP contribution in [0.3, 0.4) is 0 Å². The predicted molar refractivity (Wildman–Crippen MR) is 78.5 cm³/mol. The summed E-state index contributed by atoms with van der Waals surface area (Å²) in [5.74, 6) is 0.553. The fourth-order valence-corrected chi connectivity index (χ4v) is 2.55. The smallest absolute Gasteiger partial charge is 0.251 e. The zero-order chi connectivity index (χ0) is 13.8. The zero-order valence-corrected chi connectivity index (χ0v) is 12.1. The fourth-order valence-electron chi connectivity index (χ4n) is 2.55. The van der Waals surface area contributed by atoms with E-state index in [9.17, 15) is 4.79 Å². The van der Waals surface area contributed by atoms with Crippen molar-refractivity contribution in [3.05, 3.63) is 35.4 Å². The van der Waals surface area contributed by atoms with E-state index in [4.69, 9.17) is 0 Å². The lowest BCUT2D eigenvalue weighted by Gasteiger charge is -2.28. The van der Waals surface area contributed by atoms with Crippen LogP contribution in [0, 0.1) is 0 Å². The van der Waals surface area contributed by atoms with Crippen LogP contribution >= 0.6 is 0 Å². The minimum atomic E-state index is 0.0504. The van der Waals surface area contributed by atoms with E-state index in [2.05, 4.69) is 31.4 Å². The summed E-state index contributed by atoms with van der Waals surface area (Å²) in [7, 11) is 0. The maximum atomic E-state index is 12.2. The van der Waals surface area contributed by atoms with Crippen molar-refractivity contribution in [2.24, 2.45) is 0 Å². The number of rotatable bonds is 3. The average molecular weight is 260 g/mol. The van der Waals surface area contributed by atoms with Gasteiger partial charge in [0.2, 0.25) is 0 Å². The fraction of sp³-hybridized carbons (Fsp3) is 0.562. The van der Waals surface area contributed by atoms with Crippen LogP contribution in [0.15, 0.2) is 24.3 Å². The molecule has 1 saturated heterocycles. The molecule has 19 heavy (non-hydrogen) atoms. The Kier molecular flexibility index (Phi) is 4.59. The van der Waals surface area contributed by atoms with Gasteiger partial charge < -0.3 is 10.6 Å². The molecule has 2 rings (SSSR count). The number of carbonyl (C=O) groups excluding carboxylic acids is 1. The van der Waals surface area contributed by atoms with Gasteiger partial charge in [-0.3, -0.25) is 4.79 Å². The first-order valence-electron chi connectivity index (χ1n) is 7.20. The second-order valence-corrected chi connectivity index (χ2v) is 5.83. The molecule has 0 saturated carbocycles. The molecule has 2 unspecified atom stereocenters. The maximum absolute atomic E-state index is 12.2. The van der Waals surface area contributed by atoms with Crippen LogP contribution in [-0.4, -0.2) is 24.5 Å². The molecule has 0 aromatic heterocycles. The Hall–Kier alpha value is -1.35. The van der Waals surface area contributed by atoms with E-state index in [0.29, 0.717) is 18.0 Å². The molecular weight excluding hydrogens is 236 g/mol. The lowest BCUT2D eigenvalue weighted by molar-refractivity contribution is 0.0925. The van der Waals surface area contributed by atoms with Gasteiger partial charge in [0.1, 0.15) is 0 Å². The van der Waals surface area contributed by atoms with Crippen LogP contribution in [0.2, 0.25) is 0 Å². The van der Waals surface area contributed by atoms with Gasteiger partial charge >= 0.3 is 0 Å². The molecule has 1 amide bonds. The third kappa shape index (κ3) is 3.80. The Morgan fingerprint density at radius 1 is 1.32 bits per heavy atom. The molecule has 3 heteroatoms. The molecule has 3 nitrogen and oxygen atoms in total. The van der Waals surface area contributed by atoms with Gasteiger partial charge in [0, 0.05) is 17.6 Å². The summed E-state index contributed by atoms with van der Waals surface area (Å²) in [5.41, 5.74) is 2.03. The molecular formula is C16H24N2O. The quantitative estimate of drug-likeness (QED) is 0.877. The monoisotopic (exact) mass is 260 g/mol. The summed E-state index contributed by atoms with van der Waals surface area (Å²) in [4.78, 5) is 12.2. The van der Waals surface area contributed by atoms with Gasteiger partial charge in [-0.25, -0.2) is 0 Å². The van der Waals surface area contributed by atoms with Gasteiger partial charge in [0.05, 0.1) is 0 Å². The van der Waals surface area contributed by atoms with Crippen LogP contribution in [0.25, 0.3) is 0 Å². The number of piperidine rings is 1. The van der Waals surface area contributed by atoms with Crippen molar-refractivity contribution < 1.29 is 4.79 Å². The number of benzene rings is 1. The SMILES string of the molecule is CC1CC(NC(=O)c2ccc(C(C)C)cc2)CCN1. The largest absolute Gasteiger partial charge is 0.349 e. The number of hydrogen-bond acceptors (Lipinski definition) is 2. The average Bonchev–Trinajstić information content (AvgIpc) is 2.39. The van der Waals surface area contributed by atoms with Crippen molar-refractivity contribution in [3.8, 4) is 0 Å². The Morgan fingerprint density at radius 2 is 2.00 bits per heavy atom. The van der Waals surface area contributed by atoms with Gasteiger partial charge in [-0.15, -0.1) is 0 Å². The van der Waals surface area contributed by atoms with E-state index in [1.54, 1.807) is 0 Å². The van der Waals surface area contributed by atoms with Crippen LogP contribution in [0.4, 0.5) is 0 Å². The summed E-state index contributed by atoms with van der Waals surface area (Å²) >= 11 is 0. The minimum absolute atomic E-state index is 0.0504. The van der Waals surface area contributed by atoms with Crippen LogP contribution in [0.1, 0.15) is 55.5 Å². The summed E-state index contributed by atoms with van der Waals surface area (Å²) in [6.45, 7) is 7.46. The van der Waals surface area contributed by atoms with Gasteiger partial charge in [-0.1, -0.05) is 26.0 Å². The van der Waals surface area contributed by atoms with Gasteiger partial charge in [0.25, 0.3) is 5.91 Å². The van der Waals surface area contributed by atoms with Crippen LogP contribution in [-0.2, 0) is 0 Å². The molecule has 1 aromatic rings.